The fourth-order valence-corrected chi connectivity index (χ4v) is 2.79. The fraction of sp³-hybridized carbons (Fsp3) is 0.800. The molecule has 106 valence electrons. The zero-order valence-corrected chi connectivity index (χ0v) is 11.8. The molecular formula is C10H19NO6S. The Morgan fingerprint density at radius 3 is 2.17 bits per heavy atom. The van der Waals surface area contributed by atoms with Gasteiger partial charge in [0, 0.05) is 13.1 Å². The standard InChI is InChI=1S/C10H19NO6S/c1-5-11(7-6-9(12)16-3)18(14,15)8(2)10(13)17-4/h8H,5-7H2,1-4H3. The maximum Gasteiger partial charge on any atom is 0.325 e. The molecule has 0 spiro atoms. The lowest BCUT2D eigenvalue weighted by atomic mass is 10.4. The van der Waals surface area contributed by atoms with Gasteiger partial charge in [0.15, 0.2) is 5.25 Å². The van der Waals surface area contributed by atoms with E-state index in [9.17, 15) is 18.0 Å². The second-order valence-corrected chi connectivity index (χ2v) is 5.78. The van der Waals surface area contributed by atoms with Crippen molar-refractivity contribution in [1.29, 1.82) is 0 Å². The third kappa shape index (κ3) is 4.26. The molecule has 18 heavy (non-hydrogen) atoms. The summed E-state index contributed by atoms with van der Waals surface area (Å²) in [7, 11) is -1.46. The van der Waals surface area contributed by atoms with Crippen LogP contribution in [0.15, 0.2) is 0 Å². The highest BCUT2D eigenvalue weighted by molar-refractivity contribution is 7.90. The van der Waals surface area contributed by atoms with Crippen molar-refractivity contribution in [3.8, 4) is 0 Å². The van der Waals surface area contributed by atoms with Crippen LogP contribution in [-0.4, -0.2) is 57.2 Å². The molecule has 0 heterocycles. The summed E-state index contributed by atoms with van der Waals surface area (Å²) < 4.78 is 34.0. The maximum absolute atomic E-state index is 12.0. The molecule has 0 bridgehead atoms. The van der Waals surface area contributed by atoms with Gasteiger partial charge in [0.05, 0.1) is 20.6 Å². The average molecular weight is 281 g/mol. The molecule has 0 aliphatic rings. The van der Waals surface area contributed by atoms with Crippen LogP contribution < -0.4 is 0 Å². The quantitative estimate of drug-likeness (QED) is 0.598. The third-order valence-electron chi connectivity index (χ3n) is 2.49. The van der Waals surface area contributed by atoms with E-state index in [1.54, 1.807) is 6.92 Å². The fourth-order valence-electron chi connectivity index (χ4n) is 1.29. The molecule has 0 saturated carbocycles. The lowest BCUT2D eigenvalue weighted by Crippen LogP contribution is -2.42. The van der Waals surface area contributed by atoms with E-state index in [1.807, 2.05) is 0 Å². The van der Waals surface area contributed by atoms with Crippen LogP contribution >= 0.6 is 0 Å². The number of carbonyl (C=O) groups is 2. The second kappa shape index (κ2) is 7.32. The van der Waals surface area contributed by atoms with Crippen molar-refractivity contribution in [2.24, 2.45) is 0 Å². The van der Waals surface area contributed by atoms with Crippen LogP contribution in [0.3, 0.4) is 0 Å². The largest absolute Gasteiger partial charge is 0.469 e. The van der Waals surface area contributed by atoms with E-state index >= 15 is 0 Å². The summed E-state index contributed by atoms with van der Waals surface area (Å²) in [6.45, 7) is 3.02. The molecule has 1 unspecified atom stereocenters. The number of rotatable bonds is 7. The number of methoxy groups -OCH3 is 2. The Morgan fingerprint density at radius 2 is 1.78 bits per heavy atom. The van der Waals surface area contributed by atoms with E-state index in [0.717, 1.165) is 11.4 Å². The summed E-state index contributed by atoms with van der Waals surface area (Å²) in [5, 5.41) is -1.29. The van der Waals surface area contributed by atoms with Crippen molar-refractivity contribution in [3.63, 3.8) is 0 Å². The first-order chi connectivity index (χ1) is 8.31. The molecule has 0 fully saturated rings. The molecule has 7 nitrogen and oxygen atoms in total. The van der Waals surface area contributed by atoms with Gasteiger partial charge in [0.25, 0.3) is 0 Å². The molecule has 0 radical (unpaired) electrons. The topological polar surface area (TPSA) is 90.0 Å². The van der Waals surface area contributed by atoms with Crippen molar-refractivity contribution in [2.45, 2.75) is 25.5 Å². The molecule has 8 heteroatoms. The Kier molecular flexibility index (Phi) is 6.85. The third-order valence-corrected chi connectivity index (χ3v) is 4.73. The molecule has 0 rings (SSSR count). The first kappa shape index (κ1) is 16.9. The minimum Gasteiger partial charge on any atom is -0.469 e. The van der Waals surface area contributed by atoms with Gasteiger partial charge >= 0.3 is 11.9 Å². The second-order valence-electron chi connectivity index (χ2n) is 3.53. The number of esters is 2. The zero-order chi connectivity index (χ0) is 14.3. The van der Waals surface area contributed by atoms with Gasteiger partial charge in [-0.15, -0.1) is 0 Å². The van der Waals surface area contributed by atoms with Gasteiger partial charge in [-0.05, 0) is 6.92 Å². The summed E-state index contributed by atoms with van der Waals surface area (Å²) in [6, 6.07) is 0. The number of hydrogen-bond acceptors (Lipinski definition) is 6. The molecule has 0 aromatic heterocycles. The van der Waals surface area contributed by atoms with Crippen LogP contribution in [0.25, 0.3) is 0 Å². The number of ether oxygens (including phenoxy) is 2. The average Bonchev–Trinajstić information content (AvgIpc) is 2.36. The number of carbonyl (C=O) groups excluding carboxylic acids is 2. The predicted molar refractivity (Wildman–Crippen MR) is 64.3 cm³/mol. The van der Waals surface area contributed by atoms with Crippen LogP contribution in [0.2, 0.25) is 0 Å². The number of hydrogen-bond donors (Lipinski definition) is 0. The first-order valence-corrected chi connectivity index (χ1v) is 6.95. The van der Waals surface area contributed by atoms with Crippen molar-refractivity contribution in [2.75, 3.05) is 27.3 Å². The summed E-state index contributed by atoms with van der Waals surface area (Å²) in [6.07, 6.45) is -0.0581. The van der Waals surface area contributed by atoms with Crippen LogP contribution in [0.4, 0.5) is 0 Å². The Bertz CT molecular complexity index is 391. The van der Waals surface area contributed by atoms with Gasteiger partial charge in [0.2, 0.25) is 10.0 Å². The smallest absolute Gasteiger partial charge is 0.325 e. The minimum absolute atomic E-state index is 0.0210. The zero-order valence-electron chi connectivity index (χ0n) is 11.0. The van der Waals surface area contributed by atoms with E-state index in [1.165, 1.54) is 14.0 Å². The van der Waals surface area contributed by atoms with Crippen molar-refractivity contribution in [1.82, 2.24) is 4.31 Å². The molecule has 0 N–H and O–H groups in total. The van der Waals surface area contributed by atoms with E-state index in [0.29, 0.717) is 0 Å². The van der Waals surface area contributed by atoms with Gasteiger partial charge in [0.1, 0.15) is 0 Å². The monoisotopic (exact) mass is 281 g/mol. The number of nitrogens with zero attached hydrogens (tertiary/aromatic N) is 1. The molecule has 0 aliphatic heterocycles. The van der Waals surface area contributed by atoms with Crippen molar-refractivity contribution >= 4 is 22.0 Å². The first-order valence-electron chi connectivity index (χ1n) is 5.44. The lowest BCUT2D eigenvalue weighted by molar-refractivity contribution is -0.141. The molecule has 0 aromatic carbocycles. The highest BCUT2D eigenvalue weighted by Gasteiger charge is 2.33. The van der Waals surface area contributed by atoms with E-state index in [2.05, 4.69) is 9.47 Å². The summed E-state index contributed by atoms with van der Waals surface area (Å²) >= 11 is 0. The number of sulfonamides is 1. The normalized spacial score (nSPS) is 13.2. The SMILES string of the molecule is CCN(CCC(=O)OC)S(=O)(=O)C(C)C(=O)OC. The molecule has 0 amide bonds. The van der Waals surface area contributed by atoms with Crippen molar-refractivity contribution in [3.05, 3.63) is 0 Å². The molecule has 1 atom stereocenters. The van der Waals surface area contributed by atoms with Gasteiger partial charge in [-0.1, -0.05) is 6.92 Å². The van der Waals surface area contributed by atoms with Crippen LogP contribution in [-0.2, 0) is 29.1 Å². The van der Waals surface area contributed by atoms with Crippen LogP contribution in [0.1, 0.15) is 20.3 Å². The Morgan fingerprint density at radius 1 is 1.22 bits per heavy atom. The minimum atomic E-state index is -3.82. The Balaban J connectivity index is 4.82. The summed E-state index contributed by atoms with van der Waals surface area (Å²) in [4.78, 5) is 22.2. The Labute approximate surface area is 107 Å². The Hall–Kier alpha value is -1.15. The lowest BCUT2D eigenvalue weighted by Gasteiger charge is -2.22. The highest BCUT2D eigenvalue weighted by Crippen LogP contribution is 2.11. The van der Waals surface area contributed by atoms with E-state index in [-0.39, 0.29) is 19.5 Å². The van der Waals surface area contributed by atoms with Gasteiger partial charge in [-0.2, -0.15) is 0 Å². The van der Waals surface area contributed by atoms with Crippen LogP contribution in [0, 0.1) is 0 Å². The predicted octanol–water partition coefficient (Wildman–Crippen LogP) is -0.237. The van der Waals surface area contributed by atoms with Gasteiger partial charge in [-0.25, -0.2) is 12.7 Å². The molecular weight excluding hydrogens is 262 g/mol. The maximum atomic E-state index is 12.0. The van der Waals surface area contributed by atoms with E-state index < -0.39 is 27.2 Å². The summed E-state index contributed by atoms with van der Waals surface area (Å²) in [5.74, 6) is -1.33. The van der Waals surface area contributed by atoms with Crippen LogP contribution in [0.5, 0.6) is 0 Å². The molecule has 0 aliphatic carbocycles. The molecule has 0 aromatic rings. The van der Waals surface area contributed by atoms with Gasteiger partial charge < -0.3 is 9.47 Å². The van der Waals surface area contributed by atoms with Crippen molar-refractivity contribution < 1.29 is 27.5 Å². The van der Waals surface area contributed by atoms with E-state index in [4.69, 9.17) is 0 Å². The molecule has 0 saturated heterocycles. The highest BCUT2D eigenvalue weighted by atomic mass is 32.2. The summed E-state index contributed by atoms with van der Waals surface area (Å²) in [5.41, 5.74) is 0. The van der Waals surface area contributed by atoms with Gasteiger partial charge in [-0.3, -0.25) is 9.59 Å².